The minimum atomic E-state index is -1.04. The minimum Gasteiger partial charge on any atom is -0.459 e. The predicted molar refractivity (Wildman–Crippen MR) is 80.1 cm³/mol. The zero-order valence-corrected chi connectivity index (χ0v) is 13.8. The summed E-state index contributed by atoms with van der Waals surface area (Å²) in [6, 6.07) is 0. The van der Waals surface area contributed by atoms with E-state index in [4.69, 9.17) is 4.74 Å². The van der Waals surface area contributed by atoms with Gasteiger partial charge in [0, 0.05) is 29.1 Å². The highest BCUT2D eigenvalue weighted by molar-refractivity contribution is 6.03. The summed E-state index contributed by atoms with van der Waals surface area (Å²) < 4.78 is 5.40. The highest BCUT2D eigenvalue weighted by Gasteiger charge is 2.74. The van der Waals surface area contributed by atoms with Crippen molar-refractivity contribution in [3.05, 3.63) is 11.6 Å². The molecule has 0 amide bonds. The third-order valence-electron chi connectivity index (χ3n) is 7.32. The molecule has 2 unspecified atom stereocenters. The quantitative estimate of drug-likeness (QED) is 0.681. The van der Waals surface area contributed by atoms with Crippen molar-refractivity contribution in [2.24, 2.45) is 34.5 Å². The van der Waals surface area contributed by atoms with E-state index in [1.54, 1.807) is 13.0 Å². The van der Waals surface area contributed by atoms with E-state index in [1.165, 1.54) is 0 Å². The van der Waals surface area contributed by atoms with Crippen molar-refractivity contribution in [2.75, 3.05) is 0 Å². The lowest BCUT2D eigenvalue weighted by atomic mass is 9.42. The van der Waals surface area contributed by atoms with Crippen LogP contribution in [0.1, 0.15) is 34.1 Å². The van der Waals surface area contributed by atoms with Crippen LogP contribution in [-0.4, -0.2) is 34.9 Å². The van der Waals surface area contributed by atoms with Crippen LogP contribution in [0, 0.1) is 34.5 Å². The third-order valence-corrected chi connectivity index (χ3v) is 7.32. The molecule has 4 rings (SSSR count). The van der Waals surface area contributed by atoms with E-state index < -0.39 is 40.8 Å². The van der Waals surface area contributed by atoms with Crippen LogP contribution >= 0.6 is 0 Å². The summed E-state index contributed by atoms with van der Waals surface area (Å²) in [7, 11) is 0. The number of hydrogen-bond acceptors (Lipinski definition) is 5. The fourth-order valence-corrected chi connectivity index (χ4v) is 6.21. The van der Waals surface area contributed by atoms with Crippen LogP contribution in [0.15, 0.2) is 11.6 Å². The summed E-state index contributed by atoms with van der Waals surface area (Å²) in [6.45, 7) is 7.34. The Hall–Kier alpha value is -1.49. The molecule has 3 aliphatic carbocycles. The van der Waals surface area contributed by atoms with Crippen molar-refractivity contribution in [1.82, 2.24) is 0 Å². The van der Waals surface area contributed by atoms with Crippen molar-refractivity contribution in [3.8, 4) is 0 Å². The second kappa shape index (κ2) is 4.12. The van der Waals surface area contributed by atoms with Crippen molar-refractivity contribution >= 4 is 17.5 Å². The number of esters is 1. The largest absolute Gasteiger partial charge is 0.459 e. The minimum absolute atomic E-state index is 0.0272. The molecule has 3 fully saturated rings. The first kappa shape index (κ1) is 15.1. The van der Waals surface area contributed by atoms with Crippen LogP contribution in [-0.2, 0) is 19.1 Å². The van der Waals surface area contributed by atoms with E-state index in [9.17, 15) is 19.5 Å². The number of aliphatic hydroxyl groups excluding tert-OH is 1. The maximum absolute atomic E-state index is 13.1. The van der Waals surface area contributed by atoms with E-state index in [-0.39, 0.29) is 29.8 Å². The molecule has 1 aliphatic heterocycles. The molecule has 1 N–H and O–H groups in total. The van der Waals surface area contributed by atoms with E-state index in [2.05, 4.69) is 0 Å². The Morgan fingerprint density at radius 2 is 1.87 bits per heavy atom. The number of allylic oxidation sites excluding steroid dienone is 2. The van der Waals surface area contributed by atoms with Gasteiger partial charge < -0.3 is 9.84 Å². The summed E-state index contributed by atoms with van der Waals surface area (Å²) in [6.07, 6.45) is 0.255. The van der Waals surface area contributed by atoms with E-state index in [0.29, 0.717) is 0 Å². The number of Topliss-reactive ketones (excluding diaryl/α,β-unsaturated/α-hetero) is 1. The van der Waals surface area contributed by atoms with Gasteiger partial charge >= 0.3 is 5.97 Å². The van der Waals surface area contributed by atoms with Gasteiger partial charge in [-0.3, -0.25) is 14.4 Å². The molecular formula is C18H22O5. The van der Waals surface area contributed by atoms with Crippen molar-refractivity contribution < 1.29 is 24.2 Å². The first-order valence-electron chi connectivity index (χ1n) is 8.29. The Morgan fingerprint density at radius 3 is 2.52 bits per heavy atom. The first-order chi connectivity index (χ1) is 10.6. The molecule has 0 spiro atoms. The lowest BCUT2D eigenvalue weighted by Crippen LogP contribution is -2.67. The van der Waals surface area contributed by atoms with Crippen LogP contribution in [0.2, 0.25) is 0 Å². The van der Waals surface area contributed by atoms with Crippen LogP contribution in [0.25, 0.3) is 0 Å². The lowest BCUT2D eigenvalue weighted by molar-refractivity contribution is -0.186. The molecule has 4 aliphatic rings. The number of aliphatic hydroxyl groups is 1. The maximum atomic E-state index is 13.1. The van der Waals surface area contributed by atoms with Gasteiger partial charge in [-0.05, 0) is 18.9 Å². The second-order valence-corrected chi connectivity index (χ2v) is 8.20. The number of carbonyl (C=O) groups is 3. The van der Waals surface area contributed by atoms with Gasteiger partial charge in [0.1, 0.15) is 11.9 Å². The Morgan fingerprint density at radius 1 is 1.22 bits per heavy atom. The summed E-state index contributed by atoms with van der Waals surface area (Å²) >= 11 is 0. The molecule has 0 aromatic heterocycles. The summed E-state index contributed by atoms with van der Waals surface area (Å²) in [5.41, 5.74) is -0.975. The lowest BCUT2D eigenvalue weighted by Gasteiger charge is -2.58. The summed E-state index contributed by atoms with van der Waals surface area (Å²) in [5.74, 6) is -2.02. The van der Waals surface area contributed by atoms with Crippen LogP contribution in [0.5, 0.6) is 0 Å². The number of rotatable bonds is 0. The number of fused-ring (bicyclic) bond motifs is 6. The summed E-state index contributed by atoms with van der Waals surface area (Å²) in [5, 5.41) is 11.0. The van der Waals surface area contributed by atoms with Crippen LogP contribution in [0.3, 0.4) is 0 Å². The monoisotopic (exact) mass is 318 g/mol. The SMILES string of the molecule is CC1=CC(=O)[C@@]2(C)C1CC(=O)[C@]1(C)C2[C@@H](O)[C@@H]2OC(=O)[C@H]1[C@H]2C. The standard InChI is InChI=1S/C18H22O5/c1-7-5-10(19)17(3)9(7)6-11(20)18(4)12-8(2)14(23-16(12)22)13(21)15(17)18/h5,8-9,12-15,21H,6H2,1-4H3/t8-,9?,12-,13+,14-,15?,17-,18+/m1/s1. The molecule has 5 nitrogen and oxygen atoms in total. The van der Waals surface area contributed by atoms with Crippen molar-refractivity contribution in [1.29, 1.82) is 0 Å². The highest BCUT2D eigenvalue weighted by Crippen LogP contribution is 2.66. The average Bonchev–Trinajstić information content (AvgIpc) is 2.83. The predicted octanol–water partition coefficient (Wildman–Crippen LogP) is 1.29. The van der Waals surface area contributed by atoms with Gasteiger partial charge in [0.15, 0.2) is 5.78 Å². The molecule has 1 saturated heterocycles. The van der Waals surface area contributed by atoms with E-state index >= 15 is 0 Å². The van der Waals surface area contributed by atoms with Gasteiger partial charge in [-0.2, -0.15) is 0 Å². The Balaban J connectivity index is 1.94. The maximum Gasteiger partial charge on any atom is 0.310 e. The summed E-state index contributed by atoms with van der Waals surface area (Å²) in [4.78, 5) is 38.2. The van der Waals surface area contributed by atoms with Crippen molar-refractivity contribution in [3.63, 3.8) is 0 Å². The average molecular weight is 318 g/mol. The van der Waals surface area contributed by atoms with Gasteiger partial charge in [-0.15, -0.1) is 0 Å². The molecule has 1 heterocycles. The van der Waals surface area contributed by atoms with Gasteiger partial charge in [0.05, 0.1) is 12.0 Å². The zero-order valence-electron chi connectivity index (χ0n) is 13.8. The number of ether oxygens (including phenoxy) is 1. The molecule has 5 heteroatoms. The highest BCUT2D eigenvalue weighted by atomic mass is 16.6. The van der Waals surface area contributed by atoms with Gasteiger partial charge in [0.2, 0.25) is 0 Å². The third kappa shape index (κ3) is 1.41. The van der Waals surface area contributed by atoms with Gasteiger partial charge in [0.25, 0.3) is 0 Å². The molecule has 0 aromatic carbocycles. The van der Waals surface area contributed by atoms with Crippen LogP contribution in [0.4, 0.5) is 0 Å². The molecular weight excluding hydrogens is 296 g/mol. The molecule has 8 atom stereocenters. The fraction of sp³-hybridized carbons (Fsp3) is 0.722. The van der Waals surface area contributed by atoms with Crippen molar-refractivity contribution in [2.45, 2.75) is 46.3 Å². The molecule has 0 radical (unpaired) electrons. The van der Waals surface area contributed by atoms with Gasteiger partial charge in [-0.25, -0.2) is 0 Å². The molecule has 23 heavy (non-hydrogen) atoms. The van der Waals surface area contributed by atoms with E-state index in [0.717, 1.165) is 5.57 Å². The fourth-order valence-electron chi connectivity index (χ4n) is 6.21. The number of ketones is 2. The van der Waals surface area contributed by atoms with Crippen LogP contribution < -0.4 is 0 Å². The first-order valence-corrected chi connectivity index (χ1v) is 8.29. The molecule has 2 saturated carbocycles. The smallest absolute Gasteiger partial charge is 0.310 e. The zero-order chi connectivity index (χ0) is 16.9. The topological polar surface area (TPSA) is 80.7 Å². The number of carbonyl (C=O) groups excluding carboxylic acids is 3. The second-order valence-electron chi connectivity index (χ2n) is 8.20. The molecule has 2 bridgehead atoms. The molecule has 124 valence electrons. The normalized spacial score (nSPS) is 54.5. The Bertz CT molecular complexity index is 679. The van der Waals surface area contributed by atoms with E-state index in [1.807, 2.05) is 20.8 Å². The van der Waals surface area contributed by atoms with Gasteiger partial charge in [-0.1, -0.05) is 26.3 Å². The Labute approximate surface area is 135 Å². The molecule has 0 aromatic rings. The Kier molecular flexibility index (Phi) is 2.70. The number of hydrogen-bond donors (Lipinski definition) is 1.